The molecular formula is C19H20O7. The van der Waals surface area contributed by atoms with Gasteiger partial charge in [0.15, 0.2) is 11.5 Å². The lowest BCUT2D eigenvalue weighted by Gasteiger charge is -2.40. The van der Waals surface area contributed by atoms with Gasteiger partial charge >= 0.3 is 0 Å². The molecule has 0 bridgehead atoms. The summed E-state index contributed by atoms with van der Waals surface area (Å²) in [5, 5.41) is 39.6. The summed E-state index contributed by atoms with van der Waals surface area (Å²) in [7, 11) is 0. The smallest absolute Gasteiger partial charge is 0.231 e. The Hall–Kier alpha value is -2.16. The lowest BCUT2D eigenvalue weighted by Crippen LogP contribution is -2.55. The number of ether oxygens (including phenoxy) is 3. The van der Waals surface area contributed by atoms with Gasteiger partial charge in [-0.05, 0) is 34.9 Å². The highest BCUT2D eigenvalue weighted by Gasteiger charge is 2.43. The lowest BCUT2D eigenvalue weighted by atomic mass is 9.90. The first kappa shape index (κ1) is 17.3. The van der Waals surface area contributed by atoms with Crippen LogP contribution in [0.1, 0.15) is 11.7 Å². The van der Waals surface area contributed by atoms with E-state index < -0.39 is 37.1 Å². The Morgan fingerprint density at radius 3 is 2.42 bits per heavy atom. The molecule has 0 amide bonds. The van der Waals surface area contributed by atoms with Gasteiger partial charge in [0.1, 0.15) is 30.5 Å². The molecule has 138 valence electrons. The van der Waals surface area contributed by atoms with Crippen LogP contribution in [-0.4, -0.2) is 58.2 Å². The Bertz CT molecular complexity index is 791. The average Bonchev–Trinajstić information content (AvgIpc) is 3.14. The maximum atomic E-state index is 10.3. The normalized spacial score (nSPS) is 30.4. The van der Waals surface area contributed by atoms with Crippen LogP contribution in [0.3, 0.4) is 0 Å². The van der Waals surface area contributed by atoms with E-state index in [-0.39, 0.29) is 6.79 Å². The number of hydrogen-bond acceptors (Lipinski definition) is 7. The zero-order chi connectivity index (χ0) is 18.3. The van der Waals surface area contributed by atoms with Crippen LogP contribution in [0, 0.1) is 0 Å². The first-order valence-corrected chi connectivity index (χ1v) is 8.39. The molecule has 0 aromatic heterocycles. The minimum absolute atomic E-state index is 0.198. The quantitative estimate of drug-likeness (QED) is 0.635. The van der Waals surface area contributed by atoms with E-state index in [0.717, 1.165) is 11.1 Å². The van der Waals surface area contributed by atoms with Gasteiger partial charge in [-0.1, -0.05) is 24.3 Å². The second-order valence-corrected chi connectivity index (χ2v) is 6.44. The van der Waals surface area contributed by atoms with E-state index in [4.69, 9.17) is 14.2 Å². The highest BCUT2D eigenvalue weighted by molar-refractivity contribution is 5.68. The van der Waals surface area contributed by atoms with E-state index in [9.17, 15) is 20.4 Å². The maximum Gasteiger partial charge on any atom is 0.231 e. The van der Waals surface area contributed by atoms with E-state index in [1.165, 1.54) is 0 Å². The van der Waals surface area contributed by atoms with E-state index in [1.54, 1.807) is 6.07 Å². The standard InChI is InChI=1S/C19H20O7/c20-8-15-16(21)17(22)18(23)19(26-15)12-3-1-2-10(6-12)11-4-5-13-14(7-11)25-9-24-13/h1-7,15-23H,8-9H2/t15-,16-,17+,18+,19-/m1/s1. The molecule has 0 radical (unpaired) electrons. The van der Waals surface area contributed by atoms with Gasteiger partial charge in [0, 0.05) is 0 Å². The molecule has 2 aliphatic rings. The van der Waals surface area contributed by atoms with Crippen LogP contribution in [0.25, 0.3) is 11.1 Å². The van der Waals surface area contributed by atoms with E-state index in [0.29, 0.717) is 17.1 Å². The molecule has 0 unspecified atom stereocenters. The highest BCUT2D eigenvalue weighted by Crippen LogP contribution is 2.38. The molecule has 5 atom stereocenters. The van der Waals surface area contributed by atoms with Crippen molar-refractivity contribution in [1.29, 1.82) is 0 Å². The van der Waals surface area contributed by atoms with Crippen LogP contribution in [0.4, 0.5) is 0 Å². The van der Waals surface area contributed by atoms with Gasteiger partial charge in [-0.3, -0.25) is 0 Å². The molecule has 2 aromatic carbocycles. The van der Waals surface area contributed by atoms with Gasteiger partial charge in [-0.25, -0.2) is 0 Å². The summed E-state index contributed by atoms with van der Waals surface area (Å²) in [6.45, 7) is -0.257. The van der Waals surface area contributed by atoms with Crippen molar-refractivity contribution in [1.82, 2.24) is 0 Å². The van der Waals surface area contributed by atoms with Crippen LogP contribution >= 0.6 is 0 Å². The molecule has 7 heteroatoms. The molecule has 4 rings (SSSR count). The largest absolute Gasteiger partial charge is 0.454 e. The molecule has 1 fully saturated rings. The van der Waals surface area contributed by atoms with Crippen molar-refractivity contribution >= 4 is 0 Å². The number of benzene rings is 2. The lowest BCUT2D eigenvalue weighted by molar-refractivity contribution is -0.231. The molecule has 0 saturated carbocycles. The van der Waals surface area contributed by atoms with Crippen LogP contribution in [0.2, 0.25) is 0 Å². The minimum Gasteiger partial charge on any atom is -0.454 e. The Balaban J connectivity index is 1.65. The van der Waals surface area contributed by atoms with Crippen LogP contribution in [0.5, 0.6) is 11.5 Å². The summed E-state index contributed by atoms with van der Waals surface area (Å²) >= 11 is 0. The highest BCUT2D eigenvalue weighted by atomic mass is 16.7. The molecule has 0 aliphatic carbocycles. The summed E-state index contributed by atoms with van der Waals surface area (Å²) in [5.41, 5.74) is 2.41. The third kappa shape index (κ3) is 2.94. The fourth-order valence-electron chi connectivity index (χ4n) is 3.35. The molecule has 26 heavy (non-hydrogen) atoms. The zero-order valence-corrected chi connectivity index (χ0v) is 13.9. The van der Waals surface area contributed by atoms with E-state index >= 15 is 0 Å². The van der Waals surface area contributed by atoms with E-state index in [2.05, 4.69) is 0 Å². The summed E-state index contributed by atoms with van der Waals surface area (Å²) in [5.74, 6) is 1.36. The predicted octanol–water partition coefficient (Wildman–Crippen LogP) is 0.597. The molecular weight excluding hydrogens is 340 g/mol. The van der Waals surface area contributed by atoms with Crippen molar-refractivity contribution in [3.63, 3.8) is 0 Å². The maximum absolute atomic E-state index is 10.3. The Kier molecular flexibility index (Phi) is 4.56. The van der Waals surface area contributed by atoms with Gasteiger partial charge in [0.05, 0.1) is 6.61 Å². The number of aliphatic hydroxyl groups is 4. The van der Waals surface area contributed by atoms with Crippen molar-refractivity contribution < 1.29 is 34.6 Å². The fraction of sp³-hybridized carbons (Fsp3) is 0.368. The van der Waals surface area contributed by atoms with Crippen LogP contribution < -0.4 is 9.47 Å². The first-order chi connectivity index (χ1) is 12.6. The third-order valence-electron chi connectivity index (χ3n) is 4.81. The Morgan fingerprint density at radius 2 is 1.62 bits per heavy atom. The topological polar surface area (TPSA) is 109 Å². The van der Waals surface area contributed by atoms with Crippen molar-refractivity contribution in [2.75, 3.05) is 13.4 Å². The molecule has 1 saturated heterocycles. The monoisotopic (exact) mass is 360 g/mol. The number of fused-ring (bicyclic) bond motifs is 1. The SMILES string of the molecule is OC[C@H]1O[C@H](c2cccc(-c3ccc4c(c3)OCO4)c2)[C@@H](O)[C@@H](O)[C@@H]1O. The van der Waals surface area contributed by atoms with Crippen LogP contribution in [0.15, 0.2) is 42.5 Å². The zero-order valence-electron chi connectivity index (χ0n) is 13.9. The van der Waals surface area contributed by atoms with Crippen molar-refractivity contribution in [3.05, 3.63) is 48.0 Å². The fourth-order valence-corrected chi connectivity index (χ4v) is 3.35. The summed E-state index contributed by atoms with van der Waals surface area (Å²) in [6.07, 6.45) is -5.88. The number of hydrogen-bond donors (Lipinski definition) is 4. The van der Waals surface area contributed by atoms with Crippen molar-refractivity contribution in [3.8, 4) is 22.6 Å². The molecule has 4 N–H and O–H groups in total. The molecule has 2 aliphatic heterocycles. The van der Waals surface area contributed by atoms with E-state index in [1.807, 2.05) is 36.4 Å². The van der Waals surface area contributed by atoms with Crippen molar-refractivity contribution in [2.24, 2.45) is 0 Å². The molecule has 2 heterocycles. The first-order valence-electron chi connectivity index (χ1n) is 8.39. The number of rotatable bonds is 3. The molecule has 7 nitrogen and oxygen atoms in total. The van der Waals surface area contributed by atoms with Crippen molar-refractivity contribution in [2.45, 2.75) is 30.5 Å². The van der Waals surface area contributed by atoms with Gasteiger partial charge in [0.25, 0.3) is 0 Å². The Morgan fingerprint density at radius 1 is 0.846 bits per heavy atom. The molecule has 0 spiro atoms. The third-order valence-corrected chi connectivity index (χ3v) is 4.81. The minimum atomic E-state index is -1.40. The van der Waals surface area contributed by atoms with Gasteiger partial charge in [-0.15, -0.1) is 0 Å². The summed E-state index contributed by atoms with van der Waals surface area (Å²) < 4.78 is 16.3. The Labute approximate surface area is 150 Å². The molecule has 2 aromatic rings. The van der Waals surface area contributed by atoms with Gasteiger partial charge in [0.2, 0.25) is 6.79 Å². The average molecular weight is 360 g/mol. The number of aliphatic hydroxyl groups excluding tert-OH is 4. The second kappa shape index (κ2) is 6.86. The predicted molar refractivity (Wildman–Crippen MR) is 90.7 cm³/mol. The summed E-state index contributed by atoms with van der Waals surface area (Å²) in [4.78, 5) is 0. The summed E-state index contributed by atoms with van der Waals surface area (Å²) in [6, 6.07) is 12.9. The second-order valence-electron chi connectivity index (χ2n) is 6.44. The van der Waals surface area contributed by atoms with Gasteiger partial charge in [-0.2, -0.15) is 0 Å². The van der Waals surface area contributed by atoms with Crippen LogP contribution in [-0.2, 0) is 4.74 Å². The van der Waals surface area contributed by atoms with Gasteiger partial charge < -0.3 is 34.6 Å².